The van der Waals surface area contributed by atoms with Crippen LogP contribution in [0.1, 0.15) is 0 Å². The second-order valence-corrected chi connectivity index (χ2v) is 1.95. The topological polar surface area (TPSA) is 17.1 Å². The molecule has 0 aromatic rings. The first-order chi connectivity index (χ1) is 2.27. The molecule has 0 aromatic heterocycles. The van der Waals surface area contributed by atoms with Crippen LogP contribution in [0.25, 0.3) is 0 Å². The summed E-state index contributed by atoms with van der Waals surface area (Å²) in [5.74, 6) is 0. The van der Waals surface area contributed by atoms with Crippen molar-refractivity contribution in [1.82, 2.24) is 0 Å². The lowest BCUT2D eigenvalue weighted by Gasteiger charge is -1.70. The number of hydrogen-bond donors (Lipinski definition) is 1. The Hall–Kier alpha value is 0.237. The standard InChI is InChI=1S/C2H6OSSi/c3-2(4)1-5/h1H2,5H3,(H,3,4). The highest BCUT2D eigenvalue weighted by molar-refractivity contribution is 7.96. The molecule has 0 radical (unpaired) electrons. The fourth-order valence-electron chi connectivity index (χ4n) is 0. The van der Waals surface area contributed by atoms with Gasteiger partial charge in [0, 0.05) is 16.3 Å². The average molecular weight is 106 g/mol. The first-order valence-electron chi connectivity index (χ1n) is 1.49. The summed E-state index contributed by atoms with van der Waals surface area (Å²) in [6.45, 7) is 0. The van der Waals surface area contributed by atoms with Crippen LogP contribution in [0.3, 0.4) is 0 Å². The second kappa shape index (κ2) is 2.47. The zero-order valence-corrected chi connectivity index (χ0v) is 5.96. The molecule has 30 valence electrons. The van der Waals surface area contributed by atoms with Gasteiger partial charge in [-0.1, -0.05) is 0 Å². The molecule has 0 heterocycles. The van der Waals surface area contributed by atoms with Gasteiger partial charge in [-0.3, -0.25) is 4.79 Å². The molecule has 0 amide bonds. The Morgan fingerprint density at radius 3 is 2.20 bits per heavy atom. The SMILES string of the molecule is O=C(S)C[SiH3]. The zero-order chi connectivity index (χ0) is 4.28. The van der Waals surface area contributed by atoms with Gasteiger partial charge in [-0.25, -0.2) is 0 Å². The van der Waals surface area contributed by atoms with Crippen LogP contribution in [0.4, 0.5) is 0 Å². The summed E-state index contributed by atoms with van der Waals surface area (Å²) < 4.78 is 0. The third-order valence-electron chi connectivity index (χ3n) is 0.302. The summed E-state index contributed by atoms with van der Waals surface area (Å²) in [5, 5.41) is 0.0108. The highest BCUT2D eigenvalue weighted by Gasteiger charge is 1.78. The minimum Gasteiger partial charge on any atom is -0.288 e. The van der Waals surface area contributed by atoms with Gasteiger partial charge in [-0.15, -0.1) is 12.6 Å². The van der Waals surface area contributed by atoms with Gasteiger partial charge in [0.25, 0.3) is 0 Å². The number of thiol groups is 1. The third kappa shape index (κ3) is 4.24. The summed E-state index contributed by atoms with van der Waals surface area (Å²) in [6, 6.07) is 0.670. The molecule has 3 heteroatoms. The van der Waals surface area contributed by atoms with Crippen LogP contribution >= 0.6 is 12.6 Å². The summed E-state index contributed by atoms with van der Waals surface area (Å²) in [5.41, 5.74) is 0. The van der Waals surface area contributed by atoms with Crippen molar-refractivity contribution in [2.24, 2.45) is 0 Å². The van der Waals surface area contributed by atoms with Gasteiger partial charge in [0.2, 0.25) is 0 Å². The Morgan fingerprint density at radius 2 is 2.20 bits per heavy atom. The lowest BCUT2D eigenvalue weighted by molar-refractivity contribution is -0.108. The Kier molecular flexibility index (Phi) is 2.59. The summed E-state index contributed by atoms with van der Waals surface area (Å²) in [4.78, 5) is 9.71. The van der Waals surface area contributed by atoms with Crippen LogP contribution in [0.5, 0.6) is 0 Å². The molecule has 0 N–H and O–H groups in total. The molecule has 0 aliphatic carbocycles. The van der Waals surface area contributed by atoms with Crippen LogP contribution in [-0.4, -0.2) is 15.4 Å². The fraction of sp³-hybridized carbons (Fsp3) is 0.500. The van der Waals surface area contributed by atoms with Crippen molar-refractivity contribution >= 4 is 28.0 Å². The van der Waals surface area contributed by atoms with E-state index in [2.05, 4.69) is 12.6 Å². The van der Waals surface area contributed by atoms with Gasteiger partial charge in [0.15, 0.2) is 5.12 Å². The molecule has 0 unspecified atom stereocenters. The van der Waals surface area contributed by atoms with E-state index in [-0.39, 0.29) is 5.12 Å². The molecule has 0 bridgehead atoms. The lowest BCUT2D eigenvalue weighted by atomic mass is 10.9. The van der Waals surface area contributed by atoms with E-state index in [4.69, 9.17) is 0 Å². The van der Waals surface area contributed by atoms with E-state index in [1.807, 2.05) is 0 Å². The van der Waals surface area contributed by atoms with Crippen molar-refractivity contribution < 1.29 is 4.79 Å². The van der Waals surface area contributed by atoms with Crippen molar-refractivity contribution in [3.8, 4) is 0 Å². The van der Waals surface area contributed by atoms with E-state index >= 15 is 0 Å². The van der Waals surface area contributed by atoms with Gasteiger partial charge in [0.05, 0.1) is 0 Å². The Labute approximate surface area is 39.6 Å². The van der Waals surface area contributed by atoms with E-state index in [9.17, 15) is 4.79 Å². The van der Waals surface area contributed by atoms with Crippen molar-refractivity contribution in [3.05, 3.63) is 0 Å². The van der Waals surface area contributed by atoms with E-state index < -0.39 is 0 Å². The summed E-state index contributed by atoms with van der Waals surface area (Å²) in [6.07, 6.45) is 0. The van der Waals surface area contributed by atoms with E-state index in [0.29, 0.717) is 6.04 Å². The smallest absolute Gasteiger partial charge is 0.182 e. The Balaban J connectivity index is 2.85. The normalized spacial score (nSPS) is 8.20. The van der Waals surface area contributed by atoms with E-state index in [1.54, 1.807) is 0 Å². The van der Waals surface area contributed by atoms with Gasteiger partial charge >= 0.3 is 0 Å². The molecule has 0 saturated heterocycles. The highest BCUT2D eigenvalue weighted by atomic mass is 32.1. The highest BCUT2D eigenvalue weighted by Crippen LogP contribution is 1.78. The van der Waals surface area contributed by atoms with E-state index in [1.165, 1.54) is 0 Å². The van der Waals surface area contributed by atoms with Gasteiger partial charge in [-0.2, -0.15) is 0 Å². The number of rotatable bonds is 1. The maximum absolute atomic E-state index is 9.71. The molecule has 5 heavy (non-hydrogen) atoms. The minimum absolute atomic E-state index is 0.0108. The zero-order valence-electron chi connectivity index (χ0n) is 3.06. The van der Waals surface area contributed by atoms with Gasteiger partial charge in [0.1, 0.15) is 0 Å². The molecule has 0 aliphatic heterocycles. The molecule has 0 atom stereocenters. The second-order valence-electron chi connectivity index (χ2n) is 0.747. The number of carbonyl (C=O) groups excluding carboxylic acids is 1. The van der Waals surface area contributed by atoms with Gasteiger partial charge in [-0.05, 0) is 0 Å². The first kappa shape index (κ1) is 5.24. The molecule has 0 rings (SSSR count). The van der Waals surface area contributed by atoms with Crippen LogP contribution in [-0.2, 0) is 4.79 Å². The Bertz CT molecular complexity index is 44.9. The molecular formula is C2H6OSSi. The maximum Gasteiger partial charge on any atom is 0.182 e. The number of hydrogen-bond acceptors (Lipinski definition) is 1. The van der Waals surface area contributed by atoms with Gasteiger partial charge < -0.3 is 0 Å². The summed E-state index contributed by atoms with van der Waals surface area (Å²) in [7, 11) is 0.948. The predicted octanol–water partition coefficient (Wildman–Crippen LogP) is -0.774. The molecule has 0 aromatic carbocycles. The molecule has 0 saturated carbocycles. The minimum atomic E-state index is 0.0108. The molecular weight excluding hydrogens is 100 g/mol. The third-order valence-corrected chi connectivity index (χ3v) is 1.86. The van der Waals surface area contributed by atoms with Crippen LogP contribution < -0.4 is 0 Å². The Morgan fingerprint density at radius 1 is 2.00 bits per heavy atom. The van der Waals surface area contributed by atoms with E-state index in [0.717, 1.165) is 10.2 Å². The first-order valence-corrected chi connectivity index (χ1v) is 3.35. The fourth-order valence-corrected chi connectivity index (χ4v) is 0. The quantitative estimate of drug-likeness (QED) is 0.343. The predicted molar refractivity (Wildman–Crippen MR) is 28.7 cm³/mol. The maximum atomic E-state index is 9.71. The van der Waals surface area contributed by atoms with Crippen molar-refractivity contribution in [2.45, 2.75) is 6.04 Å². The lowest BCUT2D eigenvalue weighted by Crippen LogP contribution is -1.78. The molecule has 1 nitrogen and oxygen atoms in total. The monoisotopic (exact) mass is 106 g/mol. The molecule has 0 aliphatic rings. The van der Waals surface area contributed by atoms with Crippen molar-refractivity contribution in [3.63, 3.8) is 0 Å². The largest absolute Gasteiger partial charge is 0.288 e. The van der Waals surface area contributed by atoms with Crippen molar-refractivity contribution in [1.29, 1.82) is 0 Å². The van der Waals surface area contributed by atoms with Crippen molar-refractivity contribution in [2.75, 3.05) is 0 Å². The number of carbonyl (C=O) groups is 1. The molecule has 0 spiro atoms. The van der Waals surface area contributed by atoms with Crippen LogP contribution in [0, 0.1) is 0 Å². The van der Waals surface area contributed by atoms with Crippen LogP contribution in [0.2, 0.25) is 6.04 Å². The van der Waals surface area contributed by atoms with Crippen LogP contribution in [0.15, 0.2) is 0 Å². The molecule has 0 fully saturated rings. The summed E-state index contributed by atoms with van der Waals surface area (Å²) >= 11 is 3.49. The average Bonchev–Trinajstić information content (AvgIpc) is 1.38.